The molecule has 150 valence electrons. The van der Waals surface area contributed by atoms with Crippen LogP contribution in [-0.4, -0.2) is 24.6 Å². The van der Waals surface area contributed by atoms with E-state index in [2.05, 4.69) is 26.1 Å². The van der Waals surface area contributed by atoms with Crippen molar-refractivity contribution in [2.45, 2.75) is 39.2 Å². The van der Waals surface area contributed by atoms with Gasteiger partial charge in [-0.3, -0.25) is 4.79 Å². The third kappa shape index (κ3) is 6.04. The standard InChI is InChI=1S/C21H23F2NO4/c1-13(20(26)24-18-10-7-15(22)11-17(18)23)28-19(25)12-27-16-8-5-14(6-9-16)21(2,3)4/h5-11,13H,12H2,1-4H3,(H,24,26). The van der Waals surface area contributed by atoms with Crippen LogP contribution in [0.5, 0.6) is 5.75 Å². The molecule has 0 aliphatic heterocycles. The third-order valence-corrected chi connectivity index (χ3v) is 3.94. The Kier molecular flexibility index (Phi) is 6.72. The van der Waals surface area contributed by atoms with Gasteiger partial charge in [0.25, 0.3) is 5.91 Å². The predicted molar refractivity (Wildman–Crippen MR) is 101 cm³/mol. The lowest BCUT2D eigenvalue weighted by Gasteiger charge is -2.19. The van der Waals surface area contributed by atoms with Crippen molar-refractivity contribution >= 4 is 17.6 Å². The summed E-state index contributed by atoms with van der Waals surface area (Å²) in [7, 11) is 0. The second kappa shape index (κ2) is 8.82. The maximum absolute atomic E-state index is 13.6. The lowest BCUT2D eigenvalue weighted by atomic mass is 9.87. The van der Waals surface area contributed by atoms with Crippen LogP contribution in [0.2, 0.25) is 0 Å². The molecule has 0 aromatic heterocycles. The summed E-state index contributed by atoms with van der Waals surface area (Å²) in [5, 5.41) is 2.24. The molecule has 7 heteroatoms. The topological polar surface area (TPSA) is 64.6 Å². The van der Waals surface area contributed by atoms with Crippen LogP contribution in [0.3, 0.4) is 0 Å². The Labute approximate surface area is 162 Å². The number of benzene rings is 2. The van der Waals surface area contributed by atoms with Crippen LogP contribution in [0.15, 0.2) is 42.5 Å². The Morgan fingerprint density at radius 2 is 1.71 bits per heavy atom. The van der Waals surface area contributed by atoms with E-state index in [0.29, 0.717) is 11.8 Å². The molecule has 5 nitrogen and oxygen atoms in total. The van der Waals surface area contributed by atoms with Gasteiger partial charge in [-0.15, -0.1) is 0 Å². The van der Waals surface area contributed by atoms with Crippen molar-refractivity contribution in [2.75, 3.05) is 11.9 Å². The van der Waals surface area contributed by atoms with Gasteiger partial charge in [-0.1, -0.05) is 32.9 Å². The number of carbonyl (C=O) groups excluding carboxylic acids is 2. The Hall–Kier alpha value is -2.96. The molecule has 0 saturated carbocycles. The summed E-state index contributed by atoms with van der Waals surface area (Å²) in [4.78, 5) is 23.9. The van der Waals surface area contributed by atoms with E-state index in [9.17, 15) is 18.4 Å². The minimum absolute atomic E-state index is 0.00422. The number of ether oxygens (including phenoxy) is 2. The van der Waals surface area contributed by atoms with Crippen molar-refractivity contribution in [1.82, 2.24) is 0 Å². The van der Waals surface area contributed by atoms with Gasteiger partial charge in [0.1, 0.15) is 17.4 Å². The summed E-state index contributed by atoms with van der Waals surface area (Å²) < 4.78 is 36.8. The van der Waals surface area contributed by atoms with E-state index in [1.165, 1.54) is 6.92 Å². The zero-order valence-electron chi connectivity index (χ0n) is 16.2. The fourth-order valence-electron chi connectivity index (χ4n) is 2.30. The summed E-state index contributed by atoms with van der Waals surface area (Å²) in [5.74, 6) is -2.68. The highest BCUT2D eigenvalue weighted by Crippen LogP contribution is 2.24. The number of hydrogen-bond donors (Lipinski definition) is 1. The molecule has 2 rings (SSSR count). The van der Waals surface area contributed by atoms with Crippen molar-refractivity contribution < 1.29 is 27.8 Å². The van der Waals surface area contributed by atoms with Crippen LogP contribution in [0, 0.1) is 11.6 Å². The number of esters is 1. The first-order chi connectivity index (χ1) is 13.1. The maximum Gasteiger partial charge on any atom is 0.344 e. The molecule has 0 aliphatic carbocycles. The highest BCUT2D eigenvalue weighted by atomic mass is 19.1. The molecule has 28 heavy (non-hydrogen) atoms. The van der Waals surface area contributed by atoms with Crippen LogP contribution >= 0.6 is 0 Å². The normalized spacial score (nSPS) is 12.2. The minimum Gasteiger partial charge on any atom is -0.482 e. The second-order valence-electron chi connectivity index (χ2n) is 7.31. The highest BCUT2D eigenvalue weighted by molar-refractivity contribution is 5.95. The quantitative estimate of drug-likeness (QED) is 0.749. The zero-order chi connectivity index (χ0) is 20.9. The van der Waals surface area contributed by atoms with E-state index < -0.39 is 29.6 Å². The number of hydrogen-bond acceptors (Lipinski definition) is 4. The molecule has 0 fully saturated rings. The molecule has 0 radical (unpaired) electrons. The first kappa shape index (κ1) is 21.3. The second-order valence-corrected chi connectivity index (χ2v) is 7.31. The van der Waals surface area contributed by atoms with Gasteiger partial charge in [0, 0.05) is 6.07 Å². The Morgan fingerprint density at radius 1 is 1.07 bits per heavy atom. The summed E-state index contributed by atoms with van der Waals surface area (Å²) in [5.41, 5.74) is 0.926. The molecule has 1 unspecified atom stereocenters. The molecular formula is C21H23F2NO4. The van der Waals surface area contributed by atoms with Gasteiger partial charge in [0.15, 0.2) is 12.7 Å². The SMILES string of the molecule is CC(OC(=O)COc1ccc(C(C)(C)C)cc1)C(=O)Nc1ccc(F)cc1F. The monoisotopic (exact) mass is 391 g/mol. The number of amides is 1. The predicted octanol–water partition coefficient (Wildman–Crippen LogP) is 4.21. The molecule has 2 aromatic rings. The Morgan fingerprint density at radius 3 is 2.29 bits per heavy atom. The molecular weight excluding hydrogens is 368 g/mol. The molecule has 0 heterocycles. The van der Waals surface area contributed by atoms with Crippen LogP contribution in [0.4, 0.5) is 14.5 Å². The van der Waals surface area contributed by atoms with E-state index in [0.717, 1.165) is 17.7 Å². The fraction of sp³-hybridized carbons (Fsp3) is 0.333. The summed E-state index contributed by atoms with van der Waals surface area (Å²) in [6.45, 7) is 7.23. The fourth-order valence-corrected chi connectivity index (χ4v) is 2.30. The number of rotatable bonds is 6. The molecule has 0 spiro atoms. The zero-order valence-corrected chi connectivity index (χ0v) is 16.2. The lowest BCUT2D eigenvalue weighted by Crippen LogP contribution is -2.32. The van der Waals surface area contributed by atoms with E-state index in [-0.39, 0.29) is 17.7 Å². The number of anilines is 1. The van der Waals surface area contributed by atoms with Gasteiger partial charge >= 0.3 is 5.97 Å². The Balaban J connectivity index is 1.84. The molecule has 0 bridgehead atoms. The summed E-state index contributed by atoms with van der Waals surface area (Å²) >= 11 is 0. The number of halogens is 2. The first-order valence-electron chi connectivity index (χ1n) is 8.75. The maximum atomic E-state index is 13.6. The average molecular weight is 391 g/mol. The van der Waals surface area contributed by atoms with Gasteiger partial charge in [-0.2, -0.15) is 0 Å². The van der Waals surface area contributed by atoms with Gasteiger partial charge in [-0.05, 0) is 42.2 Å². The van der Waals surface area contributed by atoms with Gasteiger partial charge in [-0.25, -0.2) is 13.6 Å². The number of carbonyl (C=O) groups is 2. The van der Waals surface area contributed by atoms with E-state index >= 15 is 0 Å². The van der Waals surface area contributed by atoms with Crippen molar-refractivity contribution in [1.29, 1.82) is 0 Å². The molecule has 0 aliphatic rings. The lowest BCUT2D eigenvalue weighted by molar-refractivity contribution is -0.155. The molecule has 1 atom stereocenters. The van der Waals surface area contributed by atoms with Crippen LogP contribution in [0.25, 0.3) is 0 Å². The Bertz CT molecular complexity index is 844. The summed E-state index contributed by atoms with van der Waals surface area (Å²) in [6.07, 6.45) is -1.18. The van der Waals surface area contributed by atoms with Crippen molar-refractivity contribution in [3.05, 3.63) is 59.7 Å². The summed E-state index contributed by atoms with van der Waals surface area (Å²) in [6, 6.07) is 10.1. The van der Waals surface area contributed by atoms with Gasteiger partial charge < -0.3 is 14.8 Å². The third-order valence-electron chi connectivity index (χ3n) is 3.94. The molecule has 1 amide bonds. The van der Waals surface area contributed by atoms with E-state index in [4.69, 9.17) is 9.47 Å². The number of nitrogens with one attached hydrogen (secondary N) is 1. The smallest absolute Gasteiger partial charge is 0.344 e. The van der Waals surface area contributed by atoms with Gasteiger partial charge in [0.2, 0.25) is 0 Å². The van der Waals surface area contributed by atoms with Crippen molar-refractivity contribution in [2.24, 2.45) is 0 Å². The molecule has 2 aromatic carbocycles. The first-order valence-corrected chi connectivity index (χ1v) is 8.75. The van der Waals surface area contributed by atoms with Crippen LogP contribution < -0.4 is 10.1 Å². The van der Waals surface area contributed by atoms with Crippen molar-refractivity contribution in [3.8, 4) is 5.75 Å². The van der Waals surface area contributed by atoms with Gasteiger partial charge in [0.05, 0.1) is 5.69 Å². The molecule has 0 saturated heterocycles. The van der Waals surface area contributed by atoms with Crippen LogP contribution in [0.1, 0.15) is 33.3 Å². The largest absolute Gasteiger partial charge is 0.482 e. The minimum atomic E-state index is -1.18. The highest BCUT2D eigenvalue weighted by Gasteiger charge is 2.20. The molecule has 1 N–H and O–H groups in total. The van der Waals surface area contributed by atoms with Crippen molar-refractivity contribution in [3.63, 3.8) is 0 Å². The van der Waals surface area contributed by atoms with E-state index in [1.807, 2.05) is 12.1 Å². The van der Waals surface area contributed by atoms with E-state index in [1.54, 1.807) is 12.1 Å². The average Bonchev–Trinajstić information content (AvgIpc) is 2.61. The van der Waals surface area contributed by atoms with Crippen LogP contribution in [-0.2, 0) is 19.7 Å².